The van der Waals surface area contributed by atoms with Gasteiger partial charge in [-0.2, -0.15) is 0 Å². The van der Waals surface area contributed by atoms with Crippen molar-refractivity contribution in [2.75, 3.05) is 11.5 Å². The van der Waals surface area contributed by atoms with Gasteiger partial charge in [-0.1, -0.05) is 62.9 Å². The second-order valence-corrected chi connectivity index (χ2v) is 8.15. The summed E-state index contributed by atoms with van der Waals surface area (Å²) in [6.45, 7) is 0. The largest absolute Gasteiger partial charge is 0.369 e. The molecule has 2 rings (SSSR count). The zero-order valence-corrected chi connectivity index (χ0v) is 14.7. The van der Waals surface area contributed by atoms with Crippen LogP contribution in [0.25, 0.3) is 0 Å². The first kappa shape index (κ1) is 16.5. The summed E-state index contributed by atoms with van der Waals surface area (Å²) in [4.78, 5) is 22.7. The van der Waals surface area contributed by atoms with Crippen LogP contribution in [0.15, 0.2) is 37.4 Å². The monoisotopic (exact) mass is 403 g/mol. The molecule has 0 saturated heterocycles. The number of hydrogen-bond donors (Lipinski definition) is 1. The first-order chi connectivity index (χ1) is 10.0. The van der Waals surface area contributed by atoms with E-state index in [4.69, 9.17) is 5.73 Å². The van der Waals surface area contributed by atoms with Crippen LogP contribution in [-0.4, -0.2) is 33.4 Å². The van der Waals surface area contributed by atoms with Crippen molar-refractivity contribution in [3.05, 3.63) is 34.3 Å². The topological polar surface area (TPSA) is 85.9 Å². The highest BCUT2D eigenvalue weighted by Crippen LogP contribution is 2.29. The lowest BCUT2D eigenvalue weighted by Gasteiger charge is -1.99. The summed E-state index contributed by atoms with van der Waals surface area (Å²) in [6.07, 6.45) is 0. The minimum absolute atomic E-state index is 0.0361. The second-order valence-electron chi connectivity index (χ2n) is 3.81. The van der Waals surface area contributed by atoms with Crippen molar-refractivity contribution in [3.63, 3.8) is 0 Å². The number of thioether (sulfide) groups is 2. The maximum atomic E-state index is 12.0. The Balaban J connectivity index is 1.86. The van der Waals surface area contributed by atoms with Crippen molar-refractivity contribution in [2.45, 2.75) is 8.68 Å². The molecule has 1 heterocycles. The first-order valence-electron chi connectivity index (χ1n) is 5.71. The molecule has 0 atom stereocenters. The quantitative estimate of drug-likeness (QED) is 0.564. The highest BCUT2D eigenvalue weighted by molar-refractivity contribution is 9.10. The Kier molecular flexibility index (Phi) is 6.22. The third-order valence-electron chi connectivity index (χ3n) is 2.22. The number of carbonyl (C=O) groups excluding carboxylic acids is 2. The SMILES string of the molecule is NC(=O)CSc1nnc(SCC(=O)c2ccc(Br)cc2)s1. The molecular formula is C12H10BrN3O2S3. The second kappa shape index (κ2) is 7.92. The fraction of sp³-hybridized carbons (Fsp3) is 0.167. The number of carbonyl (C=O) groups is 2. The van der Waals surface area contributed by atoms with Gasteiger partial charge in [-0.25, -0.2) is 0 Å². The molecule has 21 heavy (non-hydrogen) atoms. The number of benzene rings is 1. The summed E-state index contributed by atoms with van der Waals surface area (Å²) in [5, 5.41) is 7.91. The minimum Gasteiger partial charge on any atom is -0.369 e. The molecule has 2 N–H and O–H groups in total. The van der Waals surface area contributed by atoms with E-state index in [1.54, 1.807) is 12.1 Å². The van der Waals surface area contributed by atoms with Crippen LogP contribution in [0, 0.1) is 0 Å². The molecule has 1 aromatic heterocycles. The molecule has 0 fully saturated rings. The van der Waals surface area contributed by atoms with Crippen LogP contribution >= 0.6 is 50.8 Å². The fourth-order valence-corrected chi connectivity index (χ4v) is 4.21. The number of nitrogens with zero attached hydrogens (tertiary/aromatic N) is 2. The van der Waals surface area contributed by atoms with Gasteiger partial charge in [-0.05, 0) is 12.1 Å². The first-order valence-corrected chi connectivity index (χ1v) is 9.29. The van der Waals surface area contributed by atoms with Crippen molar-refractivity contribution < 1.29 is 9.59 Å². The maximum absolute atomic E-state index is 12.0. The molecule has 0 spiro atoms. The normalized spacial score (nSPS) is 10.5. The van der Waals surface area contributed by atoms with E-state index in [2.05, 4.69) is 26.1 Å². The van der Waals surface area contributed by atoms with Crippen molar-refractivity contribution in [2.24, 2.45) is 5.73 Å². The number of Topliss-reactive ketones (excluding diaryl/α,β-unsaturated/α-hetero) is 1. The summed E-state index contributed by atoms with van der Waals surface area (Å²) in [7, 11) is 0. The van der Waals surface area contributed by atoms with E-state index in [9.17, 15) is 9.59 Å². The highest BCUT2D eigenvalue weighted by Gasteiger charge is 2.11. The van der Waals surface area contributed by atoms with Gasteiger partial charge < -0.3 is 5.73 Å². The third kappa shape index (κ3) is 5.42. The zero-order chi connectivity index (χ0) is 15.2. The predicted molar refractivity (Wildman–Crippen MR) is 89.0 cm³/mol. The van der Waals surface area contributed by atoms with E-state index in [1.807, 2.05) is 12.1 Å². The summed E-state index contributed by atoms with van der Waals surface area (Å²) in [5.41, 5.74) is 5.73. The maximum Gasteiger partial charge on any atom is 0.227 e. The van der Waals surface area contributed by atoms with E-state index in [0.717, 1.165) is 4.47 Å². The molecule has 0 aliphatic carbocycles. The van der Waals surface area contributed by atoms with Gasteiger partial charge in [0, 0.05) is 10.0 Å². The number of nitrogens with two attached hydrogens (primary N) is 1. The lowest BCUT2D eigenvalue weighted by Crippen LogP contribution is -2.12. The van der Waals surface area contributed by atoms with Gasteiger partial charge in [-0.15, -0.1) is 10.2 Å². The van der Waals surface area contributed by atoms with Gasteiger partial charge in [0.1, 0.15) is 0 Å². The number of amides is 1. The molecule has 110 valence electrons. The summed E-state index contributed by atoms with van der Waals surface area (Å²) in [5.74, 6) is 0.122. The van der Waals surface area contributed by atoms with E-state index in [-0.39, 0.29) is 11.5 Å². The van der Waals surface area contributed by atoms with E-state index in [0.29, 0.717) is 20.0 Å². The summed E-state index contributed by atoms with van der Waals surface area (Å²) >= 11 is 7.27. The number of ketones is 1. The fourth-order valence-electron chi connectivity index (χ4n) is 1.29. The highest BCUT2D eigenvalue weighted by atomic mass is 79.9. The molecule has 0 aliphatic rings. The molecule has 0 aliphatic heterocycles. The standard InChI is InChI=1S/C12H10BrN3O2S3/c13-8-3-1-7(2-4-8)9(17)5-19-11-15-16-12(21-11)20-6-10(14)18/h1-4H,5-6H2,(H2,14,18). The average molecular weight is 404 g/mol. The molecule has 1 aromatic carbocycles. The lowest BCUT2D eigenvalue weighted by atomic mass is 10.2. The number of rotatable bonds is 7. The predicted octanol–water partition coefficient (Wildman–Crippen LogP) is 2.85. The number of halogens is 1. The van der Waals surface area contributed by atoms with Crippen molar-refractivity contribution in [1.29, 1.82) is 0 Å². The van der Waals surface area contributed by atoms with Gasteiger partial charge in [-0.3, -0.25) is 9.59 Å². The number of primary amides is 1. The van der Waals surface area contributed by atoms with E-state index >= 15 is 0 Å². The Labute approximate surface area is 142 Å². The van der Waals surface area contributed by atoms with Crippen LogP contribution in [0.4, 0.5) is 0 Å². The Morgan fingerprint density at radius 2 is 1.67 bits per heavy atom. The van der Waals surface area contributed by atoms with Crippen molar-refractivity contribution in [1.82, 2.24) is 10.2 Å². The molecule has 0 saturated carbocycles. The van der Waals surface area contributed by atoms with Crippen molar-refractivity contribution >= 4 is 62.5 Å². The van der Waals surface area contributed by atoms with Crippen LogP contribution in [0.3, 0.4) is 0 Å². The van der Waals surface area contributed by atoms with Gasteiger partial charge in [0.2, 0.25) is 5.91 Å². The molecule has 2 aromatic rings. The minimum atomic E-state index is -0.394. The van der Waals surface area contributed by atoms with Crippen molar-refractivity contribution in [3.8, 4) is 0 Å². The molecular weight excluding hydrogens is 394 g/mol. The molecule has 5 nitrogen and oxygen atoms in total. The molecule has 9 heteroatoms. The van der Waals surface area contributed by atoms with Gasteiger partial charge in [0.25, 0.3) is 0 Å². The van der Waals surface area contributed by atoms with Gasteiger partial charge in [0.05, 0.1) is 11.5 Å². The van der Waals surface area contributed by atoms with Gasteiger partial charge in [0.15, 0.2) is 14.5 Å². The van der Waals surface area contributed by atoms with Gasteiger partial charge >= 0.3 is 0 Å². The molecule has 1 amide bonds. The van der Waals surface area contributed by atoms with Crippen LogP contribution in [0.2, 0.25) is 0 Å². The molecule has 0 bridgehead atoms. The lowest BCUT2D eigenvalue weighted by molar-refractivity contribution is -0.115. The zero-order valence-electron chi connectivity index (χ0n) is 10.6. The number of aromatic nitrogens is 2. The number of hydrogen-bond acceptors (Lipinski definition) is 7. The Morgan fingerprint density at radius 3 is 2.24 bits per heavy atom. The Bertz CT molecular complexity index is 645. The summed E-state index contributed by atoms with van der Waals surface area (Å²) < 4.78 is 2.31. The third-order valence-corrected chi connectivity index (χ3v) is 5.96. The van der Waals surface area contributed by atoms with E-state index in [1.165, 1.54) is 34.9 Å². The molecule has 0 unspecified atom stereocenters. The molecule has 0 radical (unpaired) electrons. The Hall–Kier alpha value is -0.900. The van der Waals surface area contributed by atoms with Crippen LogP contribution in [0.5, 0.6) is 0 Å². The van der Waals surface area contributed by atoms with Crippen LogP contribution < -0.4 is 5.73 Å². The summed E-state index contributed by atoms with van der Waals surface area (Å²) in [6, 6.07) is 7.23. The smallest absolute Gasteiger partial charge is 0.227 e. The van der Waals surface area contributed by atoms with Crippen LogP contribution in [0.1, 0.15) is 10.4 Å². The average Bonchev–Trinajstić information content (AvgIpc) is 2.91. The van der Waals surface area contributed by atoms with E-state index < -0.39 is 5.91 Å². The Morgan fingerprint density at radius 1 is 1.10 bits per heavy atom. The van der Waals surface area contributed by atoms with Crippen LogP contribution in [-0.2, 0) is 4.79 Å².